The first-order valence-corrected chi connectivity index (χ1v) is 11.2. The summed E-state index contributed by atoms with van der Waals surface area (Å²) in [5.74, 6) is 1.15. The van der Waals surface area contributed by atoms with Gasteiger partial charge in [0.1, 0.15) is 18.2 Å². The molecule has 184 valence electrons. The molecule has 4 rings (SSSR count). The smallest absolute Gasteiger partial charge is 0.416 e. The summed E-state index contributed by atoms with van der Waals surface area (Å²) in [5.41, 5.74) is 1.25. The highest BCUT2D eigenvalue weighted by molar-refractivity contribution is 6.08. The summed E-state index contributed by atoms with van der Waals surface area (Å²) in [6.07, 6.45) is -2.68. The minimum absolute atomic E-state index is 0.357. The average molecular weight is 492 g/mol. The highest BCUT2D eigenvalue weighted by Crippen LogP contribution is 2.32. The molecule has 0 saturated heterocycles. The maximum atomic E-state index is 13.0. The largest absolute Gasteiger partial charge is 0.492 e. The van der Waals surface area contributed by atoms with Crippen LogP contribution in [0.25, 0.3) is 11.1 Å². The number of benzene rings is 3. The van der Waals surface area contributed by atoms with E-state index in [1.54, 1.807) is 54.7 Å². The van der Waals surface area contributed by atoms with E-state index >= 15 is 0 Å². The summed E-state index contributed by atoms with van der Waals surface area (Å²) in [5, 5.41) is 2.84. The summed E-state index contributed by atoms with van der Waals surface area (Å²) in [4.78, 5) is 19.2. The highest BCUT2D eigenvalue weighted by Gasteiger charge is 2.30. The zero-order valence-electron chi connectivity index (χ0n) is 19.5. The van der Waals surface area contributed by atoms with Gasteiger partial charge in [0.25, 0.3) is 5.91 Å². The van der Waals surface area contributed by atoms with E-state index in [1.807, 2.05) is 30.1 Å². The molecule has 1 amide bonds. The van der Waals surface area contributed by atoms with Crippen LogP contribution in [-0.4, -0.2) is 31.1 Å². The second-order valence-corrected chi connectivity index (χ2v) is 8.06. The molecule has 0 radical (unpaired) electrons. The van der Waals surface area contributed by atoms with Gasteiger partial charge in [-0.3, -0.25) is 4.79 Å². The van der Waals surface area contributed by atoms with E-state index in [4.69, 9.17) is 4.74 Å². The number of halogens is 3. The van der Waals surface area contributed by atoms with Gasteiger partial charge in [0.15, 0.2) is 0 Å². The zero-order chi connectivity index (χ0) is 25.5. The van der Waals surface area contributed by atoms with Crippen LogP contribution in [-0.2, 0) is 6.18 Å². The summed E-state index contributed by atoms with van der Waals surface area (Å²) < 4.78 is 44.5. The Kier molecular flexibility index (Phi) is 7.53. The third kappa shape index (κ3) is 6.21. The van der Waals surface area contributed by atoms with E-state index in [-0.39, 0.29) is 5.91 Å². The molecular formula is C28H24F3N3O2. The van der Waals surface area contributed by atoms with Crippen LogP contribution in [0.2, 0.25) is 0 Å². The SMILES string of the molecule is CN(CCOc1ccc(NC(=O)c2ccccc2-c2ccc(C(F)(F)F)cc2)cc1)c1ccccn1. The number of likely N-dealkylation sites (N-methyl/N-ethyl adjacent to an activating group) is 1. The van der Waals surface area contributed by atoms with Crippen LogP contribution in [0.1, 0.15) is 15.9 Å². The van der Waals surface area contributed by atoms with Crippen molar-refractivity contribution < 1.29 is 22.7 Å². The Balaban J connectivity index is 1.37. The number of carbonyl (C=O) groups excluding carboxylic acids is 1. The van der Waals surface area contributed by atoms with Crippen molar-refractivity contribution in [3.63, 3.8) is 0 Å². The van der Waals surface area contributed by atoms with E-state index in [0.717, 1.165) is 18.0 Å². The van der Waals surface area contributed by atoms with E-state index < -0.39 is 11.7 Å². The van der Waals surface area contributed by atoms with Gasteiger partial charge in [-0.05, 0) is 65.7 Å². The fraction of sp³-hybridized carbons (Fsp3) is 0.143. The number of pyridine rings is 1. The molecule has 0 fully saturated rings. The van der Waals surface area contributed by atoms with Gasteiger partial charge < -0.3 is 15.0 Å². The van der Waals surface area contributed by atoms with Gasteiger partial charge in [-0.15, -0.1) is 0 Å². The van der Waals surface area contributed by atoms with Crippen LogP contribution in [0.3, 0.4) is 0 Å². The molecule has 4 aromatic rings. The van der Waals surface area contributed by atoms with Gasteiger partial charge >= 0.3 is 6.18 Å². The minimum atomic E-state index is -4.42. The number of hydrogen-bond donors (Lipinski definition) is 1. The summed E-state index contributed by atoms with van der Waals surface area (Å²) >= 11 is 0. The Morgan fingerprint density at radius 3 is 2.28 bits per heavy atom. The molecule has 0 atom stereocenters. The van der Waals surface area contributed by atoms with Gasteiger partial charge in [0.05, 0.1) is 12.1 Å². The molecule has 8 heteroatoms. The molecule has 0 aliphatic heterocycles. The number of anilines is 2. The molecule has 0 saturated carbocycles. The number of alkyl halides is 3. The lowest BCUT2D eigenvalue weighted by Gasteiger charge is -2.18. The summed E-state index contributed by atoms with van der Waals surface area (Å²) in [7, 11) is 1.94. The molecule has 1 N–H and O–H groups in total. The van der Waals surface area contributed by atoms with Crippen molar-refractivity contribution in [2.75, 3.05) is 30.4 Å². The monoisotopic (exact) mass is 491 g/mol. The number of nitrogens with zero attached hydrogens (tertiary/aromatic N) is 2. The Morgan fingerprint density at radius 2 is 1.61 bits per heavy atom. The lowest BCUT2D eigenvalue weighted by atomic mass is 9.98. The first-order chi connectivity index (χ1) is 17.3. The van der Waals surface area contributed by atoms with Crippen molar-refractivity contribution >= 4 is 17.4 Å². The van der Waals surface area contributed by atoms with Gasteiger partial charge in [-0.1, -0.05) is 36.4 Å². The van der Waals surface area contributed by atoms with Gasteiger partial charge in [-0.2, -0.15) is 13.2 Å². The van der Waals surface area contributed by atoms with Gasteiger partial charge in [0, 0.05) is 24.5 Å². The summed E-state index contributed by atoms with van der Waals surface area (Å²) in [6, 6.07) is 24.2. The maximum absolute atomic E-state index is 13.0. The quantitative estimate of drug-likeness (QED) is 0.304. The molecule has 0 aliphatic rings. The van der Waals surface area contributed by atoms with Crippen LogP contribution in [0.15, 0.2) is 97.2 Å². The Morgan fingerprint density at radius 1 is 0.917 bits per heavy atom. The van der Waals surface area contributed by atoms with Crippen molar-refractivity contribution in [1.82, 2.24) is 4.98 Å². The molecule has 5 nitrogen and oxygen atoms in total. The number of hydrogen-bond acceptors (Lipinski definition) is 4. The van der Waals surface area contributed by atoms with Crippen LogP contribution < -0.4 is 15.0 Å². The molecule has 1 aromatic heterocycles. The number of carbonyl (C=O) groups is 1. The average Bonchev–Trinajstić information content (AvgIpc) is 2.89. The molecule has 0 unspecified atom stereocenters. The number of amides is 1. The second-order valence-electron chi connectivity index (χ2n) is 8.06. The van der Waals surface area contributed by atoms with Crippen molar-refractivity contribution in [3.8, 4) is 16.9 Å². The van der Waals surface area contributed by atoms with Crippen LogP contribution in [0.4, 0.5) is 24.7 Å². The third-order valence-electron chi connectivity index (χ3n) is 5.54. The lowest BCUT2D eigenvalue weighted by Crippen LogP contribution is -2.24. The first kappa shape index (κ1) is 24.8. The van der Waals surface area contributed by atoms with Crippen LogP contribution in [0.5, 0.6) is 5.75 Å². The van der Waals surface area contributed by atoms with Crippen molar-refractivity contribution in [2.45, 2.75) is 6.18 Å². The van der Waals surface area contributed by atoms with E-state index in [0.29, 0.717) is 41.3 Å². The zero-order valence-corrected chi connectivity index (χ0v) is 19.5. The lowest BCUT2D eigenvalue weighted by molar-refractivity contribution is -0.137. The normalized spacial score (nSPS) is 11.1. The van der Waals surface area contributed by atoms with Crippen LogP contribution in [0, 0.1) is 0 Å². The fourth-order valence-electron chi connectivity index (χ4n) is 3.60. The molecule has 1 heterocycles. The van der Waals surface area contributed by atoms with Crippen molar-refractivity contribution in [2.24, 2.45) is 0 Å². The van der Waals surface area contributed by atoms with E-state index in [9.17, 15) is 18.0 Å². The number of nitrogens with one attached hydrogen (secondary N) is 1. The molecule has 0 aliphatic carbocycles. The standard InChI is InChI=1S/C28H24F3N3O2/c1-34(26-8-4-5-17-32-26)18-19-36-23-15-13-22(14-16-23)33-27(35)25-7-3-2-6-24(25)20-9-11-21(12-10-20)28(29,30)31/h2-17H,18-19H2,1H3,(H,33,35). The minimum Gasteiger partial charge on any atom is -0.492 e. The second kappa shape index (κ2) is 10.9. The molecule has 36 heavy (non-hydrogen) atoms. The molecule has 3 aromatic carbocycles. The number of ether oxygens (including phenoxy) is 1. The van der Waals surface area contributed by atoms with E-state index in [2.05, 4.69) is 10.3 Å². The van der Waals surface area contributed by atoms with E-state index in [1.165, 1.54) is 12.1 Å². The molecule has 0 spiro atoms. The highest BCUT2D eigenvalue weighted by atomic mass is 19.4. The van der Waals surface area contributed by atoms with Gasteiger partial charge in [-0.25, -0.2) is 4.98 Å². The number of rotatable bonds is 8. The van der Waals surface area contributed by atoms with Crippen molar-refractivity contribution in [3.05, 3.63) is 108 Å². The maximum Gasteiger partial charge on any atom is 0.416 e. The third-order valence-corrected chi connectivity index (χ3v) is 5.54. The van der Waals surface area contributed by atoms with Crippen molar-refractivity contribution in [1.29, 1.82) is 0 Å². The topological polar surface area (TPSA) is 54.5 Å². The fourth-order valence-corrected chi connectivity index (χ4v) is 3.60. The Hall–Kier alpha value is -4.33. The predicted octanol–water partition coefficient (Wildman–Crippen LogP) is 6.53. The van der Waals surface area contributed by atoms with Gasteiger partial charge in [0.2, 0.25) is 0 Å². The molecule has 0 bridgehead atoms. The predicted molar refractivity (Wildman–Crippen MR) is 134 cm³/mol. The Bertz CT molecular complexity index is 1290. The Labute approximate surface area is 207 Å². The summed E-state index contributed by atoms with van der Waals surface area (Å²) in [6.45, 7) is 1.11. The van der Waals surface area contributed by atoms with Crippen LogP contribution >= 0.6 is 0 Å². The number of aromatic nitrogens is 1. The molecular weight excluding hydrogens is 467 g/mol. The first-order valence-electron chi connectivity index (χ1n) is 11.2.